The number of aryl methyl sites for hydroxylation is 2. The lowest BCUT2D eigenvalue weighted by Gasteiger charge is -2.15. The lowest BCUT2D eigenvalue weighted by Crippen LogP contribution is -2.02. The van der Waals surface area contributed by atoms with Gasteiger partial charge in [0.25, 0.3) is 0 Å². The second kappa shape index (κ2) is 5.14. The molecule has 0 fully saturated rings. The summed E-state index contributed by atoms with van der Waals surface area (Å²) >= 11 is 0. The monoisotopic (exact) mass is 266 g/mol. The first kappa shape index (κ1) is 12.9. The van der Waals surface area contributed by atoms with Crippen LogP contribution in [0.3, 0.4) is 0 Å². The highest BCUT2D eigenvalue weighted by atomic mass is 16.3. The maximum Gasteiger partial charge on any atom is 0.109 e. The Balaban J connectivity index is 2.17. The van der Waals surface area contributed by atoms with Gasteiger partial charge >= 0.3 is 0 Å². The number of aliphatic hydroxyl groups is 1. The van der Waals surface area contributed by atoms with Gasteiger partial charge in [0.15, 0.2) is 0 Å². The minimum atomic E-state index is -0.644. The summed E-state index contributed by atoms with van der Waals surface area (Å²) in [5.41, 5.74) is 3.02. The Labute approximate surface area is 118 Å². The van der Waals surface area contributed by atoms with Crippen molar-refractivity contribution in [3.63, 3.8) is 0 Å². The van der Waals surface area contributed by atoms with Crippen LogP contribution in [-0.2, 0) is 6.42 Å². The molecule has 20 heavy (non-hydrogen) atoms. The van der Waals surface area contributed by atoms with Crippen molar-refractivity contribution >= 4 is 10.8 Å². The standard InChI is InChI=1S/C18H18O2/c1-3-17-16(10-11-20-17)18(19)15-9-8-12(2)13-6-4-5-7-14(13)15/h4-11,18-19H,3H2,1-2H3. The zero-order valence-electron chi connectivity index (χ0n) is 11.8. The molecule has 0 spiro atoms. The normalized spacial score (nSPS) is 12.8. The van der Waals surface area contributed by atoms with Crippen molar-refractivity contribution in [2.24, 2.45) is 0 Å². The van der Waals surface area contributed by atoms with Gasteiger partial charge in [-0.2, -0.15) is 0 Å². The summed E-state index contributed by atoms with van der Waals surface area (Å²) in [7, 11) is 0. The number of furan rings is 1. The molecule has 0 bridgehead atoms. The molecule has 2 nitrogen and oxygen atoms in total. The summed E-state index contributed by atoms with van der Waals surface area (Å²) in [6.45, 7) is 4.12. The third-order valence-corrected chi connectivity index (χ3v) is 3.87. The van der Waals surface area contributed by atoms with Crippen molar-refractivity contribution in [1.29, 1.82) is 0 Å². The van der Waals surface area contributed by atoms with Crippen LogP contribution in [-0.4, -0.2) is 5.11 Å². The van der Waals surface area contributed by atoms with Crippen molar-refractivity contribution in [3.8, 4) is 0 Å². The van der Waals surface area contributed by atoms with E-state index in [-0.39, 0.29) is 0 Å². The average Bonchev–Trinajstić information content (AvgIpc) is 2.96. The van der Waals surface area contributed by atoms with E-state index in [9.17, 15) is 5.11 Å². The number of fused-ring (bicyclic) bond motifs is 1. The molecule has 1 N–H and O–H groups in total. The summed E-state index contributed by atoms with van der Waals surface area (Å²) < 4.78 is 5.43. The van der Waals surface area contributed by atoms with Crippen molar-refractivity contribution in [3.05, 3.63) is 71.2 Å². The fourth-order valence-corrected chi connectivity index (χ4v) is 2.76. The van der Waals surface area contributed by atoms with Gasteiger partial charge in [0, 0.05) is 12.0 Å². The van der Waals surface area contributed by atoms with Gasteiger partial charge in [0.1, 0.15) is 11.9 Å². The molecule has 0 saturated heterocycles. The second-order valence-corrected chi connectivity index (χ2v) is 5.07. The van der Waals surface area contributed by atoms with E-state index in [1.807, 2.05) is 31.2 Å². The predicted octanol–water partition coefficient (Wildman–Crippen LogP) is 4.39. The van der Waals surface area contributed by atoms with Crippen LogP contribution in [0.25, 0.3) is 10.8 Å². The van der Waals surface area contributed by atoms with Crippen LogP contribution in [0.5, 0.6) is 0 Å². The fourth-order valence-electron chi connectivity index (χ4n) is 2.76. The maximum atomic E-state index is 10.7. The van der Waals surface area contributed by atoms with Crippen LogP contribution >= 0.6 is 0 Å². The molecule has 0 aliphatic heterocycles. The third kappa shape index (κ3) is 2.02. The van der Waals surface area contributed by atoms with Crippen LogP contribution in [0.1, 0.15) is 35.5 Å². The number of benzene rings is 2. The molecule has 0 radical (unpaired) electrons. The number of hydrogen-bond acceptors (Lipinski definition) is 2. The number of rotatable bonds is 3. The van der Waals surface area contributed by atoms with E-state index < -0.39 is 6.10 Å². The topological polar surface area (TPSA) is 33.4 Å². The van der Waals surface area contributed by atoms with E-state index in [0.29, 0.717) is 0 Å². The molecule has 2 heteroatoms. The SMILES string of the molecule is CCc1occc1C(O)c1ccc(C)c2ccccc12. The van der Waals surface area contributed by atoms with E-state index in [1.165, 1.54) is 10.9 Å². The van der Waals surface area contributed by atoms with E-state index in [4.69, 9.17) is 4.42 Å². The van der Waals surface area contributed by atoms with Gasteiger partial charge < -0.3 is 9.52 Å². The maximum absolute atomic E-state index is 10.7. The molecule has 3 rings (SSSR count). The van der Waals surface area contributed by atoms with Gasteiger partial charge in [-0.25, -0.2) is 0 Å². The van der Waals surface area contributed by atoms with Crippen molar-refractivity contribution in [2.75, 3.05) is 0 Å². The molecule has 1 heterocycles. The second-order valence-electron chi connectivity index (χ2n) is 5.07. The highest BCUT2D eigenvalue weighted by Crippen LogP contribution is 2.32. The van der Waals surface area contributed by atoms with Crippen LogP contribution in [0, 0.1) is 6.92 Å². The highest BCUT2D eigenvalue weighted by molar-refractivity contribution is 5.89. The molecule has 1 aromatic heterocycles. The predicted molar refractivity (Wildman–Crippen MR) is 80.8 cm³/mol. The van der Waals surface area contributed by atoms with Crippen molar-refractivity contribution < 1.29 is 9.52 Å². The van der Waals surface area contributed by atoms with Crippen LogP contribution in [0.2, 0.25) is 0 Å². The van der Waals surface area contributed by atoms with E-state index in [2.05, 4.69) is 25.1 Å². The van der Waals surface area contributed by atoms with Gasteiger partial charge in [-0.05, 0) is 34.9 Å². The Bertz CT molecular complexity index is 740. The van der Waals surface area contributed by atoms with Gasteiger partial charge in [0.2, 0.25) is 0 Å². The Morgan fingerprint density at radius 1 is 1.00 bits per heavy atom. The molecule has 0 aliphatic rings. The summed E-state index contributed by atoms with van der Waals surface area (Å²) in [6, 6.07) is 14.1. The molecular formula is C18H18O2. The highest BCUT2D eigenvalue weighted by Gasteiger charge is 2.18. The lowest BCUT2D eigenvalue weighted by molar-refractivity contribution is 0.219. The fraction of sp³-hybridized carbons (Fsp3) is 0.222. The average molecular weight is 266 g/mol. The van der Waals surface area contributed by atoms with Crippen molar-refractivity contribution in [1.82, 2.24) is 0 Å². The molecule has 0 saturated carbocycles. The quantitative estimate of drug-likeness (QED) is 0.763. The van der Waals surface area contributed by atoms with Crippen LogP contribution in [0.4, 0.5) is 0 Å². The van der Waals surface area contributed by atoms with E-state index >= 15 is 0 Å². The number of aliphatic hydroxyl groups excluding tert-OH is 1. The Morgan fingerprint density at radius 3 is 2.50 bits per heavy atom. The zero-order chi connectivity index (χ0) is 14.1. The zero-order valence-corrected chi connectivity index (χ0v) is 11.8. The molecular weight excluding hydrogens is 248 g/mol. The summed E-state index contributed by atoms with van der Waals surface area (Å²) in [6.07, 6.45) is 1.78. The van der Waals surface area contributed by atoms with Gasteiger partial charge in [-0.1, -0.05) is 43.3 Å². The largest absolute Gasteiger partial charge is 0.469 e. The van der Waals surface area contributed by atoms with Gasteiger partial charge in [0.05, 0.1) is 6.26 Å². The molecule has 3 aromatic rings. The Morgan fingerprint density at radius 2 is 1.75 bits per heavy atom. The molecule has 0 aliphatic carbocycles. The first-order valence-corrected chi connectivity index (χ1v) is 6.95. The van der Waals surface area contributed by atoms with E-state index in [1.54, 1.807) is 6.26 Å². The first-order chi connectivity index (χ1) is 9.72. The molecule has 0 amide bonds. The van der Waals surface area contributed by atoms with Crippen LogP contribution < -0.4 is 0 Å². The van der Waals surface area contributed by atoms with E-state index in [0.717, 1.165) is 28.7 Å². The summed E-state index contributed by atoms with van der Waals surface area (Å²) in [5.74, 6) is 0.849. The molecule has 102 valence electrons. The smallest absolute Gasteiger partial charge is 0.109 e. The lowest BCUT2D eigenvalue weighted by atomic mass is 9.93. The minimum Gasteiger partial charge on any atom is -0.469 e. The molecule has 1 unspecified atom stereocenters. The molecule has 2 aromatic carbocycles. The first-order valence-electron chi connectivity index (χ1n) is 6.95. The summed E-state index contributed by atoms with van der Waals surface area (Å²) in [5, 5.41) is 13.0. The molecule has 1 atom stereocenters. The van der Waals surface area contributed by atoms with Gasteiger partial charge in [-0.3, -0.25) is 0 Å². The van der Waals surface area contributed by atoms with Crippen LogP contribution in [0.15, 0.2) is 53.1 Å². The van der Waals surface area contributed by atoms with Gasteiger partial charge in [-0.15, -0.1) is 0 Å². The Hall–Kier alpha value is -2.06. The third-order valence-electron chi connectivity index (χ3n) is 3.87. The minimum absolute atomic E-state index is 0.644. The Kier molecular flexibility index (Phi) is 3.33. The number of hydrogen-bond donors (Lipinski definition) is 1. The summed E-state index contributed by atoms with van der Waals surface area (Å²) in [4.78, 5) is 0. The van der Waals surface area contributed by atoms with Crippen molar-refractivity contribution in [2.45, 2.75) is 26.4 Å².